The largest absolute Gasteiger partial charge is 0.481 e. The zero-order valence-corrected chi connectivity index (χ0v) is 23.3. The zero-order valence-electron chi connectivity index (χ0n) is 20.9. The Morgan fingerprint density at radius 2 is 1.75 bits per heavy atom. The van der Waals surface area contributed by atoms with Crippen LogP contribution in [0.15, 0.2) is 48.5 Å². The molecule has 0 radical (unpaired) electrons. The van der Waals surface area contributed by atoms with E-state index in [-0.39, 0.29) is 30.4 Å². The van der Waals surface area contributed by atoms with Crippen LogP contribution in [-0.4, -0.2) is 47.3 Å². The first-order chi connectivity index (χ1) is 16.8. The van der Waals surface area contributed by atoms with Crippen LogP contribution in [-0.2, 0) is 19.4 Å². The van der Waals surface area contributed by atoms with Crippen LogP contribution >= 0.6 is 23.2 Å². The molecule has 1 saturated heterocycles. The molecular weight excluding hydrogens is 521 g/mol. The first kappa shape index (κ1) is 28.5. The van der Waals surface area contributed by atoms with Crippen molar-refractivity contribution in [1.29, 1.82) is 0 Å². The van der Waals surface area contributed by atoms with Gasteiger partial charge < -0.3 is 10.0 Å². The summed E-state index contributed by atoms with van der Waals surface area (Å²) in [5, 5.41) is 10.2. The molecule has 0 bridgehead atoms. The summed E-state index contributed by atoms with van der Waals surface area (Å²) < 4.78 is 26.0. The smallest absolute Gasteiger partial charge is 0.304 e. The number of nitrogens with zero attached hydrogens (tertiary/aromatic N) is 1. The highest BCUT2D eigenvalue weighted by atomic mass is 35.5. The van der Waals surface area contributed by atoms with E-state index < -0.39 is 38.6 Å². The number of hydrogen-bond donors (Lipinski definition) is 1. The highest BCUT2D eigenvalue weighted by Crippen LogP contribution is 2.52. The highest BCUT2D eigenvalue weighted by molar-refractivity contribution is 7.92. The molecule has 1 aliphatic rings. The monoisotopic (exact) mass is 553 g/mol. The fourth-order valence-corrected chi connectivity index (χ4v) is 6.78. The number of hydrogen-bond acceptors (Lipinski definition) is 4. The van der Waals surface area contributed by atoms with Gasteiger partial charge in [0, 0.05) is 22.0 Å². The lowest BCUT2D eigenvalue weighted by atomic mass is 9.67. The second-order valence-electron chi connectivity index (χ2n) is 10.1. The van der Waals surface area contributed by atoms with Crippen molar-refractivity contribution in [3.05, 3.63) is 69.7 Å². The Hall–Kier alpha value is -2.09. The number of halogens is 2. The minimum Gasteiger partial charge on any atom is -0.481 e. The second-order valence-corrected chi connectivity index (χ2v) is 13.6. The summed E-state index contributed by atoms with van der Waals surface area (Å²) in [6.45, 7) is 6.76. The molecule has 2 aromatic rings. The summed E-state index contributed by atoms with van der Waals surface area (Å²) >= 11 is 12.5. The fourth-order valence-electron chi connectivity index (χ4n) is 5.14. The molecule has 1 N–H and O–H groups in total. The molecule has 3 rings (SSSR count). The fraction of sp³-hybridized carbons (Fsp3) is 0.481. The molecule has 0 saturated carbocycles. The molecule has 2 aromatic carbocycles. The number of carboxylic acid groups (broad SMARTS) is 1. The van der Waals surface area contributed by atoms with Gasteiger partial charge in [0.25, 0.3) is 0 Å². The number of likely N-dealkylation sites (tertiary alicyclic amines) is 1. The number of piperidine rings is 1. The van der Waals surface area contributed by atoms with E-state index in [1.165, 1.54) is 0 Å². The lowest BCUT2D eigenvalue weighted by molar-refractivity contribution is -0.160. The Morgan fingerprint density at radius 3 is 2.28 bits per heavy atom. The minimum atomic E-state index is -3.50. The van der Waals surface area contributed by atoms with Crippen molar-refractivity contribution in [2.24, 2.45) is 5.41 Å². The molecule has 9 heteroatoms. The third kappa shape index (κ3) is 6.06. The number of carbonyl (C=O) groups excluding carboxylic acids is 1. The first-order valence-corrected chi connectivity index (χ1v) is 14.5. The van der Waals surface area contributed by atoms with E-state index >= 15 is 0 Å². The summed E-state index contributed by atoms with van der Waals surface area (Å²) in [4.78, 5) is 27.7. The minimum absolute atomic E-state index is 0.206. The number of carbonyl (C=O) groups is 2. The van der Waals surface area contributed by atoms with Crippen molar-refractivity contribution in [3.63, 3.8) is 0 Å². The molecule has 196 valence electrons. The van der Waals surface area contributed by atoms with Crippen LogP contribution in [0.5, 0.6) is 0 Å². The maximum absolute atomic E-state index is 14.1. The number of aliphatic carboxylic acids is 1. The van der Waals surface area contributed by atoms with Crippen molar-refractivity contribution in [2.45, 2.75) is 70.2 Å². The predicted octanol–water partition coefficient (Wildman–Crippen LogP) is 6.13. The van der Waals surface area contributed by atoms with Gasteiger partial charge in [-0.3, -0.25) is 9.59 Å². The molecule has 1 heterocycles. The van der Waals surface area contributed by atoms with Crippen LogP contribution in [0.1, 0.15) is 70.0 Å². The Bertz CT molecular complexity index is 1210. The Morgan fingerprint density at radius 1 is 1.11 bits per heavy atom. The summed E-state index contributed by atoms with van der Waals surface area (Å²) in [5.41, 5.74) is 0.435. The van der Waals surface area contributed by atoms with Crippen LogP contribution in [0.25, 0.3) is 0 Å². The van der Waals surface area contributed by atoms with Crippen molar-refractivity contribution >= 4 is 44.9 Å². The lowest BCUT2D eigenvalue weighted by Gasteiger charge is -2.51. The molecule has 4 atom stereocenters. The van der Waals surface area contributed by atoms with E-state index in [4.69, 9.17) is 23.2 Å². The molecule has 0 aliphatic carbocycles. The normalized spacial score (nSPS) is 23.6. The summed E-state index contributed by atoms with van der Waals surface area (Å²) in [6, 6.07) is 13.3. The first-order valence-electron chi connectivity index (χ1n) is 12.1. The van der Waals surface area contributed by atoms with E-state index in [2.05, 4.69) is 0 Å². The molecule has 36 heavy (non-hydrogen) atoms. The van der Waals surface area contributed by atoms with Gasteiger partial charge in [-0.1, -0.05) is 61.3 Å². The van der Waals surface area contributed by atoms with Crippen LogP contribution < -0.4 is 0 Å². The van der Waals surface area contributed by atoms with Gasteiger partial charge >= 0.3 is 5.97 Å². The third-order valence-corrected chi connectivity index (χ3v) is 9.91. The molecule has 1 fully saturated rings. The SMILES string of the molecule is CCC(CS(=O)(=O)C(C)C)N1C(=O)[C@@](C)(CC(=O)O)C[C@H](c2cccc(Cl)c2)[C@H]1c1ccc(Cl)cc1. The third-order valence-electron chi connectivity index (χ3n) is 7.14. The van der Waals surface area contributed by atoms with E-state index in [9.17, 15) is 23.1 Å². The van der Waals surface area contributed by atoms with Crippen LogP contribution in [0, 0.1) is 5.41 Å². The lowest BCUT2D eigenvalue weighted by Crippen LogP contribution is -2.57. The highest BCUT2D eigenvalue weighted by Gasteiger charge is 2.52. The molecule has 1 unspecified atom stereocenters. The van der Waals surface area contributed by atoms with Gasteiger partial charge in [0.2, 0.25) is 5.91 Å². The van der Waals surface area contributed by atoms with Gasteiger partial charge in [-0.2, -0.15) is 0 Å². The molecular formula is C27H33Cl2NO5S. The van der Waals surface area contributed by atoms with Gasteiger partial charge in [-0.25, -0.2) is 8.42 Å². The number of carboxylic acids is 1. The quantitative estimate of drug-likeness (QED) is 0.403. The average Bonchev–Trinajstić information content (AvgIpc) is 2.79. The van der Waals surface area contributed by atoms with Gasteiger partial charge in [0.15, 0.2) is 9.84 Å². The van der Waals surface area contributed by atoms with Crippen molar-refractivity contribution in [2.75, 3.05) is 5.75 Å². The van der Waals surface area contributed by atoms with Gasteiger partial charge in [0.1, 0.15) is 0 Å². The van der Waals surface area contributed by atoms with Crippen LogP contribution in [0.2, 0.25) is 10.0 Å². The second kappa shape index (κ2) is 11.1. The summed E-state index contributed by atoms with van der Waals surface area (Å²) in [7, 11) is -3.50. The van der Waals surface area contributed by atoms with Gasteiger partial charge in [-0.15, -0.1) is 0 Å². The summed E-state index contributed by atoms with van der Waals surface area (Å²) in [6.07, 6.45) is 0.308. The average molecular weight is 555 g/mol. The van der Waals surface area contributed by atoms with E-state index in [1.807, 2.05) is 37.3 Å². The topological polar surface area (TPSA) is 91.8 Å². The van der Waals surface area contributed by atoms with Crippen LogP contribution in [0.4, 0.5) is 0 Å². The number of sulfone groups is 1. The van der Waals surface area contributed by atoms with Crippen molar-refractivity contribution in [3.8, 4) is 0 Å². The van der Waals surface area contributed by atoms with E-state index in [0.29, 0.717) is 16.5 Å². The number of benzene rings is 2. The Kier molecular flexibility index (Phi) is 8.79. The van der Waals surface area contributed by atoms with Gasteiger partial charge in [0.05, 0.1) is 28.9 Å². The van der Waals surface area contributed by atoms with Crippen molar-refractivity contribution < 1.29 is 23.1 Å². The predicted molar refractivity (Wildman–Crippen MR) is 143 cm³/mol. The number of rotatable bonds is 9. The molecule has 1 amide bonds. The Balaban J connectivity index is 2.26. The molecule has 6 nitrogen and oxygen atoms in total. The molecule has 1 aliphatic heterocycles. The molecule has 0 spiro atoms. The van der Waals surface area contributed by atoms with Crippen LogP contribution in [0.3, 0.4) is 0 Å². The number of amides is 1. The Labute approximate surface area is 223 Å². The van der Waals surface area contributed by atoms with Gasteiger partial charge in [-0.05, 0) is 62.1 Å². The zero-order chi connectivity index (χ0) is 26.8. The van der Waals surface area contributed by atoms with E-state index in [0.717, 1.165) is 11.1 Å². The van der Waals surface area contributed by atoms with E-state index in [1.54, 1.807) is 43.9 Å². The maximum Gasteiger partial charge on any atom is 0.304 e. The maximum atomic E-state index is 14.1. The van der Waals surface area contributed by atoms with Crippen molar-refractivity contribution in [1.82, 2.24) is 4.90 Å². The summed E-state index contributed by atoms with van der Waals surface area (Å²) in [5.74, 6) is -1.96. The standard InChI is InChI=1S/C27H33Cl2NO5S/c1-5-22(16-36(34,35)17(2)3)30-25(18-9-11-20(28)12-10-18)23(19-7-6-8-21(29)13-19)14-27(4,26(30)33)15-24(31)32/h6-13,17,22-23,25H,5,14-16H2,1-4H3,(H,31,32)/t22?,23-,25-,27-/m1/s1. The molecule has 0 aromatic heterocycles.